The minimum Gasteiger partial charge on any atom is -0.367 e. The van der Waals surface area contributed by atoms with Crippen molar-refractivity contribution < 1.29 is 35.9 Å². The van der Waals surface area contributed by atoms with Gasteiger partial charge < -0.3 is 20.3 Å². The molecule has 3 aromatic carbocycles. The summed E-state index contributed by atoms with van der Waals surface area (Å²) < 4.78 is 89.3. The second-order valence-corrected chi connectivity index (χ2v) is 18.7. The second kappa shape index (κ2) is 15.2. The Labute approximate surface area is 318 Å². The van der Waals surface area contributed by atoms with E-state index in [1.54, 1.807) is 7.11 Å². The van der Waals surface area contributed by atoms with Crippen LogP contribution in [0.2, 0.25) is 0 Å². The molecule has 300 valence electrons. The molecule has 0 saturated heterocycles. The molecule has 0 saturated carbocycles. The van der Waals surface area contributed by atoms with Gasteiger partial charge in [0.2, 0.25) is 0 Å². The van der Waals surface area contributed by atoms with Crippen molar-refractivity contribution in [2.75, 3.05) is 33.1 Å². The van der Waals surface area contributed by atoms with E-state index in [-0.39, 0.29) is 34.3 Å². The number of ether oxygens (including phenoxy) is 1. The molecule has 2 amide bonds. The largest absolute Gasteiger partial charge is 0.416 e. The van der Waals surface area contributed by atoms with Crippen LogP contribution in [0.5, 0.6) is 0 Å². The number of nitrogens with one attached hydrogen (secondary N) is 2. The number of hydrogen-bond donors (Lipinski definition) is 2. The van der Waals surface area contributed by atoms with E-state index in [4.69, 9.17) is 4.74 Å². The van der Waals surface area contributed by atoms with E-state index in [9.17, 15) is 31.1 Å². The molecule has 2 N–H and O–H groups in total. The summed E-state index contributed by atoms with van der Waals surface area (Å²) in [6, 6.07) is 11.7. The number of anilines is 1. The Balaban J connectivity index is 2.47. The summed E-state index contributed by atoms with van der Waals surface area (Å²) in [4.78, 5) is 15.8. The Bertz CT molecular complexity index is 1630. The third kappa shape index (κ3) is 10.6. The molecule has 5 nitrogen and oxygen atoms in total. The summed E-state index contributed by atoms with van der Waals surface area (Å²) in [5.41, 5.74) is -0.821. The molecule has 0 aliphatic rings. The standard InChI is InChI=1S/C43H59F6N3O2/c1-37(2,3)26-16-27(38(4,5)6)19-30(18-26)41(54-15,31-20-28(39(7,8)9)17-29(21-31)40(10,11)12)35(25-52(13)14)51-36(53)50-34-23-32(42(44,45)46)22-33(24-34)43(47,48)49/h16-24,35H,25H2,1-15H3,(H2,50,51,53)/t35-/m1/s1. The first-order valence-electron chi connectivity index (χ1n) is 18.1. The molecular formula is C43H59F6N3O2. The zero-order valence-corrected chi connectivity index (χ0v) is 34.5. The molecular weight excluding hydrogens is 704 g/mol. The molecule has 3 aromatic rings. The number of urea groups is 1. The van der Waals surface area contributed by atoms with Gasteiger partial charge in [0.25, 0.3) is 0 Å². The molecule has 0 aliphatic heterocycles. The second-order valence-electron chi connectivity index (χ2n) is 18.7. The lowest BCUT2D eigenvalue weighted by atomic mass is 9.71. The number of nitrogens with zero attached hydrogens (tertiary/aromatic N) is 1. The van der Waals surface area contributed by atoms with Crippen molar-refractivity contribution >= 4 is 11.7 Å². The van der Waals surface area contributed by atoms with Crippen LogP contribution >= 0.6 is 0 Å². The maximum absolute atomic E-state index is 14.0. The van der Waals surface area contributed by atoms with E-state index in [2.05, 4.69) is 130 Å². The lowest BCUT2D eigenvalue weighted by molar-refractivity contribution is -0.143. The van der Waals surface area contributed by atoms with Crippen molar-refractivity contribution in [1.82, 2.24) is 10.2 Å². The Morgan fingerprint density at radius 2 is 0.852 bits per heavy atom. The van der Waals surface area contributed by atoms with Crippen LogP contribution < -0.4 is 10.6 Å². The van der Waals surface area contributed by atoms with E-state index in [1.165, 1.54) is 0 Å². The lowest BCUT2D eigenvalue weighted by Crippen LogP contribution is -2.57. The minimum absolute atomic E-state index is 0.0257. The topological polar surface area (TPSA) is 53.6 Å². The lowest BCUT2D eigenvalue weighted by Gasteiger charge is -2.44. The molecule has 0 heterocycles. The van der Waals surface area contributed by atoms with Crippen LogP contribution in [0.1, 0.15) is 128 Å². The van der Waals surface area contributed by atoms with Crippen molar-refractivity contribution in [2.45, 2.75) is 129 Å². The van der Waals surface area contributed by atoms with Crippen LogP contribution in [0.15, 0.2) is 54.6 Å². The summed E-state index contributed by atoms with van der Waals surface area (Å²) in [5, 5.41) is 5.24. The first-order valence-corrected chi connectivity index (χ1v) is 18.1. The quantitative estimate of drug-likeness (QED) is 0.225. The predicted molar refractivity (Wildman–Crippen MR) is 206 cm³/mol. The van der Waals surface area contributed by atoms with Gasteiger partial charge in [0.15, 0.2) is 0 Å². The third-order valence-corrected chi connectivity index (χ3v) is 9.70. The van der Waals surface area contributed by atoms with E-state index in [0.717, 1.165) is 33.4 Å². The summed E-state index contributed by atoms with van der Waals surface area (Å²) in [6.45, 7) is 25.5. The first kappa shape index (κ1) is 44.8. The fourth-order valence-corrected chi connectivity index (χ4v) is 6.36. The number of methoxy groups -OCH3 is 1. The van der Waals surface area contributed by atoms with E-state index >= 15 is 0 Å². The fraction of sp³-hybridized carbons (Fsp3) is 0.558. The van der Waals surface area contributed by atoms with Crippen molar-refractivity contribution in [3.05, 3.63) is 99.1 Å². The Kier molecular flexibility index (Phi) is 12.6. The Morgan fingerprint density at radius 1 is 0.556 bits per heavy atom. The number of likely N-dealkylation sites (N-methyl/N-ethyl adjacent to an activating group) is 1. The number of rotatable bonds is 8. The Hall–Kier alpha value is -3.57. The van der Waals surface area contributed by atoms with Crippen LogP contribution in [-0.2, 0) is 44.4 Å². The van der Waals surface area contributed by atoms with Crippen LogP contribution in [0.3, 0.4) is 0 Å². The molecule has 54 heavy (non-hydrogen) atoms. The zero-order chi connectivity index (χ0) is 41.6. The van der Waals surface area contributed by atoms with E-state index < -0.39 is 46.8 Å². The highest BCUT2D eigenvalue weighted by molar-refractivity contribution is 5.90. The molecule has 0 aliphatic carbocycles. The van der Waals surface area contributed by atoms with Crippen LogP contribution in [0.4, 0.5) is 36.8 Å². The normalized spacial score (nSPS) is 14.3. The van der Waals surface area contributed by atoms with Gasteiger partial charge in [0, 0.05) is 19.3 Å². The van der Waals surface area contributed by atoms with Crippen molar-refractivity contribution in [1.29, 1.82) is 0 Å². The maximum Gasteiger partial charge on any atom is 0.416 e. The number of hydrogen-bond acceptors (Lipinski definition) is 3. The number of alkyl halides is 6. The smallest absolute Gasteiger partial charge is 0.367 e. The number of amides is 2. The highest BCUT2D eigenvalue weighted by Gasteiger charge is 2.46. The van der Waals surface area contributed by atoms with E-state index in [0.29, 0.717) is 12.1 Å². The van der Waals surface area contributed by atoms with Gasteiger partial charge in [0.1, 0.15) is 5.60 Å². The molecule has 1 atom stereocenters. The van der Waals surface area contributed by atoms with Crippen molar-refractivity contribution in [2.24, 2.45) is 0 Å². The molecule has 0 bridgehead atoms. The third-order valence-electron chi connectivity index (χ3n) is 9.70. The molecule has 0 unspecified atom stereocenters. The number of benzene rings is 3. The molecule has 0 radical (unpaired) electrons. The van der Waals surface area contributed by atoms with Gasteiger partial charge in [-0.25, -0.2) is 4.79 Å². The average molecular weight is 764 g/mol. The number of halogens is 6. The van der Waals surface area contributed by atoms with Crippen LogP contribution in [-0.4, -0.2) is 44.7 Å². The summed E-state index contributed by atoms with van der Waals surface area (Å²) in [5.74, 6) is 0. The number of carbonyl (C=O) groups excluding carboxylic acids is 1. The summed E-state index contributed by atoms with van der Waals surface area (Å²) in [7, 11) is 5.19. The molecule has 3 rings (SSSR count). The van der Waals surface area contributed by atoms with Gasteiger partial charge >= 0.3 is 18.4 Å². The highest BCUT2D eigenvalue weighted by Crippen LogP contribution is 2.44. The maximum atomic E-state index is 14.0. The van der Waals surface area contributed by atoms with Gasteiger partial charge in [-0.2, -0.15) is 26.3 Å². The van der Waals surface area contributed by atoms with Gasteiger partial charge in [0.05, 0.1) is 17.2 Å². The molecule has 11 heteroatoms. The van der Waals surface area contributed by atoms with Gasteiger partial charge in [-0.05, 0) is 87.3 Å². The SMILES string of the molecule is COC(c1cc(C(C)(C)C)cc(C(C)(C)C)c1)(c1cc(C(C)(C)C)cc(C(C)(C)C)c1)[C@@H](CN(C)C)NC(=O)Nc1cc(C(F)(F)F)cc(C(F)(F)F)c1. The molecule has 0 fully saturated rings. The zero-order valence-electron chi connectivity index (χ0n) is 34.5. The fourth-order valence-electron chi connectivity index (χ4n) is 6.36. The van der Waals surface area contributed by atoms with Gasteiger partial charge in [-0.1, -0.05) is 119 Å². The predicted octanol–water partition coefficient (Wildman–Crippen LogP) is 11.6. The van der Waals surface area contributed by atoms with E-state index in [1.807, 2.05) is 19.0 Å². The van der Waals surface area contributed by atoms with Gasteiger partial charge in [-0.15, -0.1) is 0 Å². The van der Waals surface area contributed by atoms with Crippen LogP contribution in [0.25, 0.3) is 0 Å². The van der Waals surface area contributed by atoms with Crippen molar-refractivity contribution in [3.8, 4) is 0 Å². The summed E-state index contributed by atoms with van der Waals surface area (Å²) in [6.07, 6.45) is -10.2. The molecule has 0 aromatic heterocycles. The summed E-state index contributed by atoms with van der Waals surface area (Å²) >= 11 is 0. The van der Waals surface area contributed by atoms with Crippen molar-refractivity contribution in [3.63, 3.8) is 0 Å². The van der Waals surface area contributed by atoms with Crippen LogP contribution in [0, 0.1) is 0 Å². The average Bonchev–Trinajstić information content (AvgIpc) is 2.98. The minimum atomic E-state index is -5.08. The Morgan fingerprint density at radius 3 is 1.11 bits per heavy atom. The first-order chi connectivity index (χ1) is 24.2. The highest BCUT2D eigenvalue weighted by atomic mass is 19.4. The number of carbonyl (C=O) groups is 1. The monoisotopic (exact) mass is 763 g/mol. The van der Waals surface area contributed by atoms with Gasteiger partial charge in [-0.3, -0.25) is 0 Å². The molecule has 0 spiro atoms.